The van der Waals surface area contributed by atoms with Crippen LogP contribution in [0, 0.1) is 5.92 Å². The Balaban J connectivity index is 1.92. The lowest BCUT2D eigenvalue weighted by atomic mass is 10.0. The van der Waals surface area contributed by atoms with E-state index in [9.17, 15) is 19.5 Å². The second kappa shape index (κ2) is 9.10. The van der Waals surface area contributed by atoms with Crippen LogP contribution in [0.4, 0.5) is 5.13 Å². The maximum atomic E-state index is 12.1. The van der Waals surface area contributed by atoms with Crippen LogP contribution in [0.2, 0.25) is 0 Å². The van der Waals surface area contributed by atoms with Gasteiger partial charge in [-0.3, -0.25) is 14.9 Å². The molecule has 1 aromatic heterocycles. The second-order valence-corrected chi connectivity index (χ2v) is 7.09. The predicted octanol–water partition coefficient (Wildman–Crippen LogP) is 2.55. The molecule has 0 aliphatic carbocycles. The second-order valence-electron chi connectivity index (χ2n) is 6.23. The summed E-state index contributed by atoms with van der Waals surface area (Å²) in [6.45, 7) is 3.79. The smallest absolute Gasteiger partial charge is 0.326 e. The number of aliphatic carboxylic acids is 1. The number of benzene rings is 1. The minimum absolute atomic E-state index is 0.0421. The number of amides is 2. The van der Waals surface area contributed by atoms with Gasteiger partial charge in [-0.15, -0.1) is 11.3 Å². The molecule has 138 valence electrons. The highest BCUT2D eigenvalue weighted by molar-refractivity contribution is 7.14. The highest BCUT2D eigenvalue weighted by Crippen LogP contribution is 2.17. The Bertz CT molecular complexity index is 774. The summed E-state index contributed by atoms with van der Waals surface area (Å²) in [6.07, 6.45) is 0.316. The number of hydrogen-bond acceptors (Lipinski definition) is 5. The molecule has 2 amide bonds. The first-order valence-electron chi connectivity index (χ1n) is 8.18. The Morgan fingerprint density at radius 1 is 1.19 bits per heavy atom. The van der Waals surface area contributed by atoms with Crippen molar-refractivity contribution in [3.63, 3.8) is 0 Å². The van der Waals surface area contributed by atoms with E-state index in [1.807, 2.05) is 19.9 Å². The lowest BCUT2D eigenvalue weighted by Gasteiger charge is -2.16. The molecule has 7 nitrogen and oxygen atoms in total. The number of anilines is 1. The number of nitrogens with one attached hydrogen (secondary N) is 2. The molecule has 0 aliphatic heterocycles. The number of aromatic nitrogens is 1. The quantitative estimate of drug-likeness (QED) is 0.657. The van der Waals surface area contributed by atoms with Crippen molar-refractivity contribution < 1.29 is 19.5 Å². The lowest BCUT2D eigenvalue weighted by Crippen LogP contribution is -2.42. The van der Waals surface area contributed by atoms with Crippen LogP contribution in [-0.2, 0) is 16.0 Å². The van der Waals surface area contributed by atoms with Crippen molar-refractivity contribution in [2.24, 2.45) is 5.92 Å². The van der Waals surface area contributed by atoms with E-state index >= 15 is 0 Å². The zero-order valence-electron chi connectivity index (χ0n) is 14.6. The highest BCUT2D eigenvalue weighted by atomic mass is 32.1. The van der Waals surface area contributed by atoms with Gasteiger partial charge in [0.2, 0.25) is 5.91 Å². The van der Waals surface area contributed by atoms with Crippen LogP contribution in [0.15, 0.2) is 35.7 Å². The van der Waals surface area contributed by atoms with E-state index in [1.54, 1.807) is 29.6 Å². The predicted molar refractivity (Wildman–Crippen MR) is 99.2 cm³/mol. The topological polar surface area (TPSA) is 108 Å². The van der Waals surface area contributed by atoms with Gasteiger partial charge in [0, 0.05) is 10.9 Å². The Kier molecular flexibility index (Phi) is 6.85. The Hall–Kier alpha value is -2.74. The molecule has 1 aromatic carbocycles. The summed E-state index contributed by atoms with van der Waals surface area (Å²) < 4.78 is 0. The molecule has 2 rings (SSSR count). The zero-order chi connectivity index (χ0) is 19.1. The summed E-state index contributed by atoms with van der Waals surface area (Å²) in [5.41, 5.74) is 0.990. The van der Waals surface area contributed by atoms with E-state index in [-0.39, 0.29) is 18.2 Å². The van der Waals surface area contributed by atoms with Crippen molar-refractivity contribution in [1.82, 2.24) is 10.3 Å². The van der Waals surface area contributed by atoms with Gasteiger partial charge < -0.3 is 10.4 Å². The summed E-state index contributed by atoms with van der Waals surface area (Å²) >= 11 is 1.21. The molecule has 0 saturated carbocycles. The molecule has 8 heteroatoms. The minimum atomic E-state index is -1.05. The summed E-state index contributed by atoms with van der Waals surface area (Å²) in [4.78, 5) is 39.6. The van der Waals surface area contributed by atoms with E-state index in [4.69, 9.17) is 0 Å². The molecule has 1 heterocycles. The molecular weight excluding hydrogens is 354 g/mol. The van der Waals surface area contributed by atoms with Crippen molar-refractivity contribution in [3.05, 3.63) is 47.0 Å². The normalized spacial score (nSPS) is 11.8. The van der Waals surface area contributed by atoms with Gasteiger partial charge in [0.05, 0.1) is 12.1 Å². The molecule has 3 N–H and O–H groups in total. The molecule has 0 radical (unpaired) electrons. The number of carboxylic acids is 1. The van der Waals surface area contributed by atoms with Crippen molar-refractivity contribution in [3.8, 4) is 0 Å². The third-order valence-electron chi connectivity index (χ3n) is 3.49. The van der Waals surface area contributed by atoms with Gasteiger partial charge in [-0.1, -0.05) is 32.0 Å². The Labute approximate surface area is 155 Å². The monoisotopic (exact) mass is 375 g/mol. The zero-order valence-corrected chi connectivity index (χ0v) is 15.4. The Morgan fingerprint density at radius 3 is 2.50 bits per heavy atom. The molecule has 0 saturated heterocycles. The van der Waals surface area contributed by atoms with E-state index in [1.165, 1.54) is 11.3 Å². The number of rotatable bonds is 8. The van der Waals surface area contributed by atoms with Crippen LogP contribution >= 0.6 is 11.3 Å². The molecule has 0 fully saturated rings. The minimum Gasteiger partial charge on any atom is -0.480 e. The fourth-order valence-corrected chi connectivity index (χ4v) is 3.01. The van der Waals surface area contributed by atoms with Crippen LogP contribution in [-0.4, -0.2) is 33.9 Å². The van der Waals surface area contributed by atoms with Gasteiger partial charge in [0.1, 0.15) is 6.04 Å². The molecule has 0 aliphatic rings. The first-order valence-corrected chi connectivity index (χ1v) is 9.06. The summed E-state index contributed by atoms with van der Waals surface area (Å²) in [6, 6.07) is 7.82. The summed E-state index contributed by atoms with van der Waals surface area (Å²) in [5.74, 6) is -1.60. The van der Waals surface area contributed by atoms with Crippen LogP contribution < -0.4 is 10.6 Å². The van der Waals surface area contributed by atoms with Crippen LogP contribution in [0.25, 0.3) is 0 Å². The fourth-order valence-electron chi connectivity index (χ4n) is 2.31. The first-order chi connectivity index (χ1) is 12.3. The maximum Gasteiger partial charge on any atom is 0.326 e. The van der Waals surface area contributed by atoms with Crippen molar-refractivity contribution in [2.45, 2.75) is 32.7 Å². The molecule has 1 unspecified atom stereocenters. The highest BCUT2D eigenvalue weighted by Gasteiger charge is 2.21. The molecule has 0 spiro atoms. The maximum absolute atomic E-state index is 12.1. The van der Waals surface area contributed by atoms with E-state index in [0.29, 0.717) is 22.8 Å². The van der Waals surface area contributed by atoms with Gasteiger partial charge in [0.15, 0.2) is 5.13 Å². The number of carbonyl (C=O) groups is 3. The third-order valence-corrected chi connectivity index (χ3v) is 4.30. The third kappa shape index (κ3) is 5.96. The number of carboxylic acid groups (broad SMARTS) is 1. The standard InChI is InChI=1S/C18H21N3O4S/c1-11(2)8-14(17(24)25)20-15(22)9-13-10-26-18(19-13)21-16(23)12-6-4-3-5-7-12/h3-7,10-11,14H,8-9H2,1-2H3,(H,20,22)(H,24,25)(H,19,21,23). The lowest BCUT2D eigenvalue weighted by molar-refractivity contribution is -0.142. The van der Waals surface area contributed by atoms with Gasteiger partial charge in [-0.2, -0.15) is 0 Å². The van der Waals surface area contributed by atoms with Gasteiger partial charge in [-0.05, 0) is 24.5 Å². The number of hydrogen-bond donors (Lipinski definition) is 3. The van der Waals surface area contributed by atoms with Gasteiger partial charge >= 0.3 is 5.97 Å². The fraction of sp³-hybridized carbons (Fsp3) is 0.333. The molecule has 2 aromatic rings. The van der Waals surface area contributed by atoms with E-state index in [0.717, 1.165) is 0 Å². The Morgan fingerprint density at radius 2 is 1.88 bits per heavy atom. The van der Waals surface area contributed by atoms with Crippen LogP contribution in [0.1, 0.15) is 36.3 Å². The summed E-state index contributed by atoms with van der Waals surface area (Å²) in [5, 5.41) is 16.4. The van der Waals surface area contributed by atoms with E-state index in [2.05, 4.69) is 15.6 Å². The van der Waals surface area contributed by atoms with Crippen LogP contribution in [0.5, 0.6) is 0 Å². The number of thiazole rings is 1. The summed E-state index contributed by atoms with van der Waals surface area (Å²) in [7, 11) is 0. The van der Waals surface area contributed by atoms with Crippen molar-refractivity contribution in [1.29, 1.82) is 0 Å². The SMILES string of the molecule is CC(C)CC(NC(=O)Cc1csc(NC(=O)c2ccccc2)n1)C(=O)O. The van der Waals surface area contributed by atoms with Crippen molar-refractivity contribution >= 4 is 34.3 Å². The van der Waals surface area contributed by atoms with Gasteiger partial charge in [0.25, 0.3) is 5.91 Å². The average Bonchev–Trinajstić information content (AvgIpc) is 3.01. The van der Waals surface area contributed by atoms with E-state index < -0.39 is 17.9 Å². The number of carbonyl (C=O) groups excluding carboxylic acids is 2. The van der Waals surface area contributed by atoms with Crippen LogP contribution in [0.3, 0.4) is 0 Å². The van der Waals surface area contributed by atoms with Gasteiger partial charge in [-0.25, -0.2) is 9.78 Å². The largest absolute Gasteiger partial charge is 0.480 e. The molecular formula is C18H21N3O4S. The average molecular weight is 375 g/mol. The molecule has 1 atom stereocenters. The molecule has 26 heavy (non-hydrogen) atoms. The number of nitrogens with zero attached hydrogens (tertiary/aromatic N) is 1. The molecule has 0 bridgehead atoms. The van der Waals surface area contributed by atoms with Crippen molar-refractivity contribution in [2.75, 3.05) is 5.32 Å². The first kappa shape index (κ1) is 19.6.